The van der Waals surface area contributed by atoms with Crippen molar-refractivity contribution in [3.8, 4) is 0 Å². The molecular formula is C15H19IO2S. The summed E-state index contributed by atoms with van der Waals surface area (Å²) in [5.74, 6) is 0. The van der Waals surface area contributed by atoms with Crippen LogP contribution in [0.5, 0.6) is 0 Å². The SMILES string of the molecule is Cc1ccc(S(=O)(=O)C2CCC=CCCC2I)cc1. The van der Waals surface area contributed by atoms with Crippen LogP contribution in [0.15, 0.2) is 41.3 Å². The molecule has 2 atom stereocenters. The van der Waals surface area contributed by atoms with Crippen molar-refractivity contribution in [2.75, 3.05) is 0 Å². The average Bonchev–Trinajstić information content (AvgIpc) is 2.34. The molecule has 1 aliphatic rings. The number of sulfone groups is 1. The summed E-state index contributed by atoms with van der Waals surface area (Å²) in [5, 5.41) is -0.263. The van der Waals surface area contributed by atoms with Gasteiger partial charge in [0.25, 0.3) is 0 Å². The Balaban J connectivity index is 2.31. The predicted molar refractivity (Wildman–Crippen MR) is 87.6 cm³/mol. The van der Waals surface area contributed by atoms with Crippen LogP contribution in [0.2, 0.25) is 0 Å². The van der Waals surface area contributed by atoms with Crippen LogP contribution in [-0.2, 0) is 9.84 Å². The van der Waals surface area contributed by atoms with Crippen molar-refractivity contribution in [3.63, 3.8) is 0 Å². The molecule has 0 fully saturated rings. The standard InChI is InChI=1S/C15H19IO2S/c1-12-8-10-13(11-9-12)19(17,18)15-7-5-3-2-4-6-14(15)16/h2-3,8-11,14-15H,4-7H2,1H3. The van der Waals surface area contributed by atoms with Crippen molar-refractivity contribution < 1.29 is 8.42 Å². The molecule has 1 aliphatic carbocycles. The predicted octanol–water partition coefficient (Wildman–Crippen LogP) is 4.07. The third kappa shape index (κ3) is 3.60. The van der Waals surface area contributed by atoms with Crippen LogP contribution in [0.4, 0.5) is 0 Å². The van der Waals surface area contributed by atoms with Crippen molar-refractivity contribution in [2.24, 2.45) is 0 Å². The summed E-state index contributed by atoms with van der Waals surface area (Å²) >= 11 is 2.31. The van der Waals surface area contributed by atoms with Gasteiger partial charge in [-0.05, 0) is 44.7 Å². The van der Waals surface area contributed by atoms with Crippen molar-refractivity contribution in [1.82, 2.24) is 0 Å². The van der Waals surface area contributed by atoms with Gasteiger partial charge in [-0.1, -0.05) is 52.4 Å². The van der Waals surface area contributed by atoms with Crippen LogP contribution < -0.4 is 0 Å². The second-order valence-corrected chi connectivity index (χ2v) is 8.81. The fourth-order valence-corrected chi connectivity index (χ4v) is 6.09. The van der Waals surface area contributed by atoms with Gasteiger partial charge in [0.1, 0.15) is 0 Å². The molecule has 2 unspecified atom stereocenters. The first kappa shape index (κ1) is 15.0. The maximum absolute atomic E-state index is 12.7. The minimum atomic E-state index is -3.21. The Morgan fingerprint density at radius 2 is 1.63 bits per heavy atom. The van der Waals surface area contributed by atoms with E-state index in [0.717, 1.165) is 31.2 Å². The molecule has 1 aromatic carbocycles. The molecule has 0 saturated carbocycles. The summed E-state index contributed by atoms with van der Waals surface area (Å²) in [6, 6.07) is 7.22. The van der Waals surface area contributed by atoms with E-state index >= 15 is 0 Å². The molecule has 0 N–H and O–H groups in total. The zero-order valence-electron chi connectivity index (χ0n) is 11.0. The largest absolute Gasteiger partial charge is 0.223 e. The minimum Gasteiger partial charge on any atom is -0.223 e. The third-order valence-corrected chi connectivity index (χ3v) is 7.81. The van der Waals surface area contributed by atoms with Gasteiger partial charge in [0.05, 0.1) is 10.1 Å². The lowest BCUT2D eigenvalue weighted by molar-refractivity contribution is 0.560. The normalized spacial score (nSPS) is 24.7. The molecule has 0 spiro atoms. The van der Waals surface area contributed by atoms with Crippen LogP contribution in [0.25, 0.3) is 0 Å². The van der Waals surface area contributed by atoms with E-state index in [4.69, 9.17) is 0 Å². The number of rotatable bonds is 2. The number of aryl methyl sites for hydroxylation is 1. The number of benzene rings is 1. The number of halogens is 1. The van der Waals surface area contributed by atoms with Crippen molar-refractivity contribution in [2.45, 2.75) is 46.7 Å². The molecule has 19 heavy (non-hydrogen) atoms. The van der Waals surface area contributed by atoms with E-state index in [1.807, 2.05) is 19.1 Å². The van der Waals surface area contributed by atoms with Crippen molar-refractivity contribution in [3.05, 3.63) is 42.0 Å². The van der Waals surface area contributed by atoms with E-state index < -0.39 is 9.84 Å². The molecule has 2 nitrogen and oxygen atoms in total. The second-order valence-electron chi connectivity index (χ2n) is 5.04. The average molecular weight is 390 g/mol. The molecule has 0 aromatic heterocycles. The molecule has 1 aromatic rings. The van der Waals surface area contributed by atoms with Crippen molar-refractivity contribution in [1.29, 1.82) is 0 Å². The molecule has 0 bridgehead atoms. The highest BCUT2D eigenvalue weighted by atomic mass is 127. The van der Waals surface area contributed by atoms with Crippen molar-refractivity contribution >= 4 is 32.4 Å². The van der Waals surface area contributed by atoms with Crippen LogP contribution in [0.3, 0.4) is 0 Å². The quantitative estimate of drug-likeness (QED) is 0.434. The Hall–Kier alpha value is -0.360. The fourth-order valence-electron chi connectivity index (χ4n) is 2.37. The van der Waals surface area contributed by atoms with Gasteiger partial charge < -0.3 is 0 Å². The Morgan fingerprint density at radius 3 is 2.26 bits per heavy atom. The fraction of sp³-hybridized carbons (Fsp3) is 0.467. The van der Waals surface area contributed by atoms with Gasteiger partial charge in [0, 0.05) is 3.92 Å². The van der Waals surface area contributed by atoms with E-state index in [2.05, 4.69) is 34.7 Å². The summed E-state index contributed by atoms with van der Waals surface area (Å²) in [6.07, 6.45) is 7.77. The smallest absolute Gasteiger partial charge is 0.182 e. The summed E-state index contributed by atoms with van der Waals surface area (Å²) in [6.45, 7) is 1.97. The van der Waals surface area contributed by atoms with E-state index in [-0.39, 0.29) is 9.17 Å². The van der Waals surface area contributed by atoms with E-state index in [9.17, 15) is 8.42 Å². The van der Waals surface area contributed by atoms with Crippen LogP contribution >= 0.6 is 22.6 Å². The molecule has 0 radical (unpaired) electrons. The van der Waals surface area contributed by atoms with E-state index in [1.165, 1.54) is 0 Å². The van der Waals surface area contributed by atoms with Gasteiger partial charge in [-0.25, -0.2) is 8.42 Å². The highest BCUT2D eigenvalue weighted by Crippen LogP contribution is 2.30. The van der Waals surface area contributed by atoms with Gasteiger partial charge in [0.15, 0.2) is 9.84 Å². The summed E-state index contributed by atoms with van der Waals surface area (Å²) < 4.78 is 25.7. The first-order valence-corrected chi connectivity index (χ1v) is 9.40. The highest BCUT2D eigenvalue weighted by Gasteiger charge is 2.32. The Morgan fingerprint density at radius 1 is 1.05 bits per heavy atom. The lowest BCUT2D eigenvalue weighted by Crippen LogP contribution is -2.31. The zero-order valence-corrected chi connectivity index (χ0v) is 14.0. The van der Waals surface area contributed by atoms with Gasteiger partial charge >= 0.3 is 0 Å². The molecule has 104 valence electrons. The number of hydrogen-bond donors (Lipinski definition) is 0. The monoisotopic (exact) mass is 390 g/mol. The topological polar surface area (TPSA) is 34.1 Å². The molecule has 0 amide bonds. The van der Waals surface area contributed by atoms with E-state index in [1.54, 1.807) is 12.1 Å². The molecule has 0 aliphatic heterocycles. The number of hydrogen-bond acceptors (Lipinski definition) is 2. The first-order chi connectivity index (χ1) is 9.01. The summed E-state index contributed by atoms with van der Waals surface area (Å²) in [5.41, 5.74) is 1.09. The number of allylic oxidation sites excluding steroid dienone is 2. The van der Waals surface area contributed by atoms with Crippen LogP contribution in [0.1, 0.15) is 31.2 Å². The van der Waals surface area contributed by atoms with Gasteiger partial charge in [-0.3, -0.25) is 0 Å². The first-order valence-electron chi connectivity index (χ1n) is 6.61. The Bertz CT molecular complexity index is 546. The molecule has 0 saturated heterocycles. The van der Waals surface area contributed by atoms with Gasteiger partial charge in [-0.2, -0.15) is 0 Å². The van der Waals surface area contributed by atoms with Crippen LogP contribution in [0, 0.1) is 6.92 Å². The Kier molecular flexibility index (Phi) is 5.06. The Labute approximate surface area is 129 Å². The minimum absolute atomic E-state index is 0.189. The molecular weight excluding hydrogens is 371 g/mol. The summed E-state index contributed by atoms with van der Waals surface area (Å²) in [7, 11) is -3.21. The lowest BCUT2D eigenvalue weighted by atomic mass is 10.1. The number of alkyl halides is 1. The molecule has 2 rings (SSSR count). The molecule has 0 heterocycles. The van der Waals surface area contributed by atoms with Gasteiger partial charge in [-0.15, -0.1) is 0 Å². The maximum atomic E-state index is 12.7. The summed E-state index contributed by atoms with van der Waals surface area (Å²) in [4.78, 5) is 0.467. The molecule has 4 heteroatoms. The second kappa shape index (κ2) is 6.39. The third-order valence-electron chi connectivity index (χ3n) is 3.55. The highest BCUT2D eigenvalue weighted by molar-refractivity contribution is 14.1. The van der Waals surface area contributed by atoms with Gasteiger partial charge in [0.2, 0.25) is 0 Å². The zero-order chi connectivity index (χ0) is 13.9. The maximum Gasteiger partial charge on any atom is 0.182 e. The van der Waals surface area contributed by atoms with Crippen LogP contribution in [-0.4, -0.2) is 17.6 Å². The lowest BCUT2D eigenvalue weighted by Gasteiger charge is -2.23. The van der Waals surface area contributed by atoms with E-state index in [0.29, 0.717) is 4.90 Å².